The molecule has 2 N–H and O–H groups in total. The summed E-state index contributed by atoms with van der Waals surface area (Å²) in [4.78, 5) is 15.5. The van der Waals surface area contributed by atoms with Crippen molar-refractivity contribution in [2.24, 2.45) is 0 Å². The van der Waals surface area contributed by atoms with E-state index in [0.29, 0.717) is 5.92 Å². The molecule has 1 heterocycles. The third-order valence-corrected chi connectivity index (χ3v) is 5.46. The number of hydrogen-bond donors (Lipinski definition) is 2. The molecule has 1 fully saturated rings. The number of pyridine rings is 1. The van der Waals surface area contributed by atoms with Crippen molar-refractivity contribution in [3.8, 4) is 11.1 Å². The molecule has 2 aromatic carbocycles. The number of aliphatic hydroxyl groups is 2. The van der Waals surface area contributed by atoms with Crippen LogP contribution in [0.3, 0.4) is 0 Å². The molecule has 1 aliphatic carbocycles. The maximum absolute atomic E-state index is 13.6. The van der Waals surface area contributed by atoms with Crippen LogP contribution >= 0.6 is 0 Å². The maximum Gasteiger partial charge on any atom is 2.00 e. The Labute approximate surface area is 215 Å². The fourth-order valence-electron chi connectivity index (χ4n) is 3.85. The number of aromatic nitrogens is 1. The molecule has 4 rings (SSSR count). The van der Waals surface area contributed by atoms with Gasteiger partial charge in [0.15, 0.2) is 0 Å². The Hall–Kier alpha value is -1.83. The molecule has 1 saturated carbocycles. The van der Waals surface area contributed by atoms with Crippen LogP contribution in [0.2, 0.25) is 0 Å². The Balaban J connectivity index is 0.00000289. The Morgan fingerprint density at radius 3 is 2.50 bits per heavy atom. The van der Waals surface area contributed by atoms with E-state index in [1.807, 2.05) is 24.3 Å². The van der Waals surface area contributed by atoms with Crippen molar-refractivity contribution in [1.29, 1.82) is 0 Å². The van der Waals surface area contributed by atoms with Crippen LogP contribution in [0, 0.1) is 5.82 Å². The zero-order valence-electron chi connectivity index (χ0n) is 17.6. The van der Waals surface area contributed by atoms with E-state index in [1.54, 1.807) is 24.3 Å². The minimum Gasteiger partial charge on any atom is -0.550 e. The van der Waals surface area contributed by atoms with Crippen molar-refractivity contribution in [1.82, 2.24) is 4.98 Å². The SMILES string of the molecule is O=C([O-])C[C@H](O)C[C@H](O)/C=C/c1c(C2CC2)nc2ccccc2c1-c1ccc(F)cc1.[Ca+2]. The number of carboxylic acids is 1. The second-order valence-electron chi connectivity index (χ2n) is 7.98. The third kappa shape index (κ3) is 5.94. The van der Waals surface area contributed by atoms with Crippen LogP contribution < -0.4 is 5.11 Å². The minimum absolute atomic E-state index is 0. The number of hydrogen-bond acceptors (Lipinski definition) is 5. The summed E-state index contributed by atoms with van der Waals surface area (Å²) in [5.41, 5.74) is 4.38. The number of rotatable bonds is 8. The van der Waals surface area contributed by atoms with Gasteiger partial charge in [-0.3, -0.25) is 4.98 Å². The first kappa shape index (κ1) is 24.8. The number of carbonyl (C=O) groups is 1. The fourth-order valence-corrected chi connectivity index (χ4v) is 3.85. The molecule has 7 heteroatoms. The molecule has 0 unspecified atom stereocenters. The Morgan fingerprint density at radius 1 is 1.16 bits per heavy atom. The molecule has 1 aliphatic rings. The molecular formula is C25H23CaFNO4+. The van der Waals surface area contributed by atoms with Crippen molar-refractivity contribution < 1.29 is 24.5 Å². The van der Waals surface area contributed by atoms with Gasteiger partial charge in [-0.15, -0.1) is 0 Å². The van der Waals surface area contributed by atoms with E-state index in [2.05, 4.69) is 0 Å². The van der Waals surface area contributed by atoms with E-state index in [4.69, 9.17) is 4.98 Å². The summed E-state index contributed by atoms with van der Waals surface area (Å²) in [6, 6.07) is 14.1. The Bertz CT molecular complexity index is 1130. The van der Waals surface area contributed by atoms with Gasteiger partial charge in [0.2, 0.25) is 0 Å². The zero-order valence-corrected chi connectivity index (χ0v) is 19.8. The van der Waals surface area contributed by atoms with E-state index in [-0.39, 0.29) is 50.0 Å². The number of carboxylic acid groups (broad SMARTS) is 1. The number of carbonyl (C=O) groups excluding carboxylic acids is 1. The summed E-state index contributed by atoms with van der Waals surface area (Å²) >= 11 is 0. The number of aliphatic hydroxyl groups excluding tert-OH is 2. The van der Waals surface area contributed by atoms with Crippen molar-refractivity contribution in [3.63, 3.8) is 0 Å². The molecule has 160 valence electrons. The van der Waals surface area contributed by atoms with Crippen LogP contribution in [0.1, 0.15) is 42.9 Å². The van der Waals surface area contributed by atoms with E-state index in [1.165, 1.54) is 12.1 Å². The summed E-state index contributed by atoms with van der Waals surface area (Å²) in [5.74, 6) is -1.36. The molecule has 1 aromatic heterocycles. The van der Waals surface area contributed by atoms with Crippen molar-refractivity contribution >= 4 is 60.7 Å². The normalized spacial score (nSPS) is 15.5. The van der Waals surface area contributed by atoms with Crippen LogP contribution in [0.15, 0.2) is 54.6 Å². The number of para-hydroxylation sites is 1. The standard InChI is InChI=1S/C25H24FNO4.Ca/c26-17-9-7-15(8-10-17)24-20-3-1-2-4-22(20)27-25(16-5-6-16)21(24)12-11-18(28)13-19(29)14-23(30)31;/h1-4,7-12,16,18-19,28-29H,5-6,13-14H2,(H,30,31);/q;+2/p-1/b12-11+;/t18-,19-;/m1./s1. The average Bonchev–Trinajstić information content (AvgIpc) is 3.56. The molecule has 0 radical (unpaired) electrons. The van der Waals surface area contributed by atoms with E-state index >= 15 is 0 Å². The van der Waals surface area contributed by atoms with Gasteiger partial charge in [-0.25, -0.2) is 4.39 Å². The van der Waals surface area contributed by atoms with Gasteiger partial charge >= 0.3 is 37.7 Å². The first-order chi connectivity index (χ1) is 14.9. The minimum atomic E-state index is -1.36. The number of aliphatic carboxylic acids is 1. The summed E-state index contributed by atoms with van der Waals surface area (Å²) in [6.45, 7) is 0. The molecular weight excluding hydrogens is 437 g/mol. The molecule has 0 spiro atoms. The molecule has 0 bridgehead atoms. The van der Waals surface area contributed by atoms with Crippen molar-refractivity contribution in [2.45, 2.75) is 43.8 Å². The second kappa shape index (κ2) is 10.9. The van der Waals surface area contributed by atoms with Crippen LogP contribution in [-0.2, 0) is 4.79 Å². The monoisotopic (exact) mass is 460 g/mol. The zero-order chi connectivity index (χ0) is 22.0. The predicted molar refractivity (Wildman–Crippen MR) is 120 cm³/mol. The van der Waals surface area contributed by atoms with Crippen LogP contribution in [0.5, 0.6) is 0 Å². The van der Waals surface area contributed by atoms with Gasteiger partial charge in [-0.1, -0.05) is 42.5 Å². The molecule has 0 saturated heterocycles. The fraction of sp³-hybridized carbons (Fsp3) is 0.280. The molecule has 3 aromatic rings. The van der Waals surface area contributed by atoms with Gasteiger partial charge in [0.05, 0.1) is 23.4 Å². The Kier molecular flexibility index (Phi) is 8.42. The first-order valence-corrected chi connectivity index (χ1v) is 10.3. The summed E-state index contributed by atoms with van der Waals surface area (Å²) < 4.78 is 13.6. The third-order valence-electron chi connectivity index (χ3n) is 5.46. The topological polar surface area (TPSA) is 93.5 Å². The van der Waals surface area contributed by atoms with Crippen molar-refractivity contribution in [3.05, 3.63) is 71.7 Å². The van der Waals surface area contributed by atoms with Crippen LogP contribution in [0.25, 0.3) is 28.1 Å². The molecule has 2 atom stereocenters. The van der Waals surface area contributed by atoms with Crippen LogP contribution in [-0.4, -0.2) is 71.1 Å². The number of halogens is 1. The summed E-state index contributed by atoms with van der Waals surface area (Å²) in [7, 11) is 0. The van der Waals surface area contributed by atoms with Gasteiger partial charge in [0.1, 0.15) is 5.82 Å². The maximum atomic E-state index is 13.6. The van der Waals surface area contributed by atoms with E-state index < -0.39 is 24.6 Å². The van der Waals surface area contributed by atoms with Gasteiger partial charge in [-0.2, -0.15) is 0 Å². The van der Waals surface area contributed by atoms with Crippen molar-refractivity contribution in [2.75, 3.05) is 0 Å². The van der Waals surface area contributed by atoms with E-state index in [0.717, 1.165) is 46.1 Å². The number of fused-ring (bicyclic) bond motifs is 1. The molecule has 0 aliphatic heterocycles. The first-order valence-electron chi connectivity index (χ1n) is 10.3. The summed E-state index contributed by atoms with van der Waals surface area (Å²) in [5, 5.41) is 31.7. The number of benzene rings is 2. The molecule has 32 heavy (non-hydrogen) atoms. The largest absolute Gasteiger partial charge is 2.00 e. The Morgan fingerprint density at radius 2 is 1.84 bits per heavy atom. The number of nitrogens with zero attached hydrogens (tertiary/aromatic N) is 1. The summed E-state index contributed by atoms with van der Waals surface area (Å²) in [6.07, 6.45) is 2.51. The molecule has 0 amide bonds. The molecule has 5 nitrogen and oxygen atoms in total. The second-order valence-corrected chi connectivity index (χ2v) is 7.98. The van der Waals surface area contributed by atoms with Gasteiger partial charge < -0.3 is 20.1 Å². The van der Waals surface area contributed by atoms with Gasteiger partial charge in [-0.05, 0) is 36.6 Å². The predicted octanol–water partition coefficient (Wildman–Crippen LogP) is 2.80. The smallest absolute Gasteiger partial charge is 0.550 e. The average molecular weight is 461 g/mol. The van der Waals surface area contributed by atoms with Gasteiger partial charge in [0.25, 0.3) is 0 Å². The van der Waals surface area contributed by atoms with E-state index in [9.17, 15) is 24.5 Å². The quantitative estimate of drug-likeness (QED) is 0.504. The van der Waals surface area contributed by atoms with Crippen LogP contribution in [0.4, 0.5) is 4.39 Å². The van der Waals surface area contributed by atoms with Gasteiger partial charge in [0, 0.05) is 41.2 Å².